The summed E-state index contributed by atoms with van der Waals surface area (Å²) in [6.45, 7) is 9.25. The standard InChI is InChI=1S/C26H37N7O/c1-17-14-28-26(30-20-8-10-21(11-9-20)32-15-18(2)29-19(3)16-32)31-24(17)33(22-6-4-5-7-22)23-12-13-27-25(23)34/h8-11,14,18-19,22-23,29H,4-7,12-13,15-16H2,1-3H3,(H,27,34)(H,28,30,31). The number of amides is 1. The van der Waals surface area contributed by atoms with Crippen molar-refractivity contribution >= 4 is 29.0 Å². The summed E-state index contributed by atoms with van der Waals surface area (Å²) >= 11 is 0. The van der Waals surface area contributed by atoms with Crippen LogP contribution >= 0.6 is 0 Å². The van der Waals surface area contributed by atoms with Crippen LogP contribution in [-0.2, 0) is 4.79 Å². The molecule has 3 unspecified atom stereocenters. The van der Waals surface area contributed by atoms with Gasteiger partial charge in [-0.2, -0.15) is 4.98 Å². The molecule has 3 aliphatic rings. The Morgan fingerprint density at radius 2 is 1.76 bits per heavy atom. The number of rotatable bonds is 6. The summed E-state index contributed by atoms with van der Waals surface area (Å²) in [5, 5.41) is 9.98. The number of hydrogen-bond donors (Lipinski definition) is 3. The fourth-order valence-corrected chi connectivity index (χ4v) is 5.78. The van der Waals surface area contributed by atoms with E-state index in [1.54, 1.807) is 0 Å². The first-order valence-corrected chi connectivity index (χ1v) is 12.8. The third-order valence-electron chi connectivity index (χ3n) is 7.31. The third-order valence-corrected chi connectivity index (χ3v) is 7.31. The van der Waals surface area contributed by atoms with Crippen molar-refractivity contribution in [3.8, 4) is 0 Å². The molecule has 5 rings (SSSR count). The normalized spacial score (nSPS) is 25.4. The maximum absolute atomic E-state index is 12.6. The molecule has 0 radical (unpaired) electrons. The number of anilines is 4. The third kappa shape index (κ3) is 4.82. The van der Waals surface area contributed by atoms with Crippen molar-refractivity contribution in [2.24, 2.45) is 0 Å². The van der Waals surface area contributed by atoms with Crippen molar-refractivity contribution in [2.75, 3.05) is 34.8 Å². The molecule has 1 aliphatic carbocycles. The van der Waals surface area contributed by atoms with Crippen LogP contribution in [0.25, 0.3) is 0 Å². The van der Waals surface area contributed by atoms with Gasteiger partial charge in [0, 0.05) is 60.9 Å². The molecule has 3 fully saturated rings. The second kappa shape index (κ2) is 9.78. The molecule has 0 spiro atoms. The number of carbonyl (C=O) groups excluding carboxylic acids is 1. The zero-order valence-electron chi connectivity index (χ0n) is 20.6. The Morgan fingerprint density at radius 1 is 1.06 bits per heavy atom. The molecule has 1 amide bonds. The average molecular weight is 464 g/mol. The fourth-order valence-electron chi connectivity index (χ4n) is 5.78. The second-order valence-electron chi connectivity index (χ2n) is 10.2. The molecule has 34 heavy (non-hydrogen) atoms. The molecule has 1 saturated carbocycles. The van der Waals surface area contributed by atoms with E-state index in [-0.39, 0.29) is 11.9 Å². The Kier molecular flexibility index (Phi) is 6.59. The van der Waals surface area contributed by atoms with Gasteiger partial charge in [-0.1, -0.05) is 12.8 Å². The van der Waals surface area contributed by atoms with Crippen molar-refractivity contribution in [3.63, 3.8) is 0 Å². The highest BCUT2D eigenvalue weighted by molar-refractivity contribution is 5.87. The minimum absolute atomic E-state index is 0.117. The average Bonchev–Trinajstić information content (AvgIpc) is 3.49. The number of carbonyl (C=O) groups is 1. The van der Waals surface area contributed by atoms with Crippen LogP contribution in [0, 0.1) is 6.92 Å². The highest BCUT2D eigenvalue weighted by atomic mass is 16.2. The van der Waals surface area contributed by atoms with E-state index < -0.39 is 0 Å². The van der Waals surface area contributed by atoms with E-state index in [1.165, 1.54) is 18.5 Å². The lowest BCUT2D eigenvalue weighted by molar-refractivity contribution is -0.120. The van der Waals surface area contributed by atoms with Gasteiger partial charge in [-0.3, -0.25) is 4.79 Å². The highest BCUT2D eigenvalue weighted by Crippen LogP contribution is 2.33. The first-order valence-electron chi connectivity index (χ1n) is 12.8. The Morgan fingerprint density at radius 3 is 2.41 bits per heavy atom. The number of nitrogens with zero attached hydrogens (tertiary/aromatic N) is 4. The van der Waals surface area contributed by atoms with E-state index in [0.29, 0.717) is 24.1 Å². The van der Waals surface area contributed by atoms with Gasteiger partial charge in [0.2, 0.25) is 11.9 Å². The van der Waals surface area contributed by atoms with Gasteiger partial charge in [-0.15, -0.1) is 0 Å². The Balaban J connectivity index is 1.35. The molecule has 3 heterocycles. The van der Waals surface area contributed by atoms with Gasteiger partial charge >= 0.3 is 0 Å². The minimum atomic E-state index is -0.146. The summed E-state index contributed by atoms with van der Waals surface area (Å²) in [4.78, 5) is 26.8. The lowest BCUT2D eigenvalue weighted by Gasteiger charge is -2.37. The lowest BCUT2D eigenvalue weighted by atomic mass is 10.1. The molecule has 2 aliphatic heterocycles. The van der Waals surface area contributed by atoms with E-state index in [2.05, 4.69) is 68.8 Å². The lowest BCUT2D eigenvalue weighted by Crippen LogP contribution is -2.54. The SMILES string of the molecule is Cc1cnc(Nc2ccc(N3CC(C)NC(C)C3)cc2)nc1N(C1CCCC1)C1CCNC1=O. The maximum atomic E-state index is 12.6. The van der Waals surface area contributed by atoms with Gasteiger partial charge in [-0.25, -0.2) is 4.98 Å². The van der Waals surface area contributed by atoms with Gasteiger partial charge in [-0.05, 0) is 64.3 Å². The van der Waals surface area contributed by atoms with Gasteiger partial charge in [0.25, 0.3) is 0 Å². The van der Waals surface area contributed by atoms with E-state index in [0.717, 1.165) is 56.0 Å². The molecule has 182 valence electrons. The Hall–Kier alpha value is -2.87. The Bertz CT molecular complexity index is 995. The van der Waals surface area contributed by atoms with Gasteiger partial charge in [0.05, 0.1) is 0 Å². The fraction of sp³-hybridized carbons (Fsp3) is 0.577. The molecule has 3 N–H and O–H groups in total. The van der Waals surface area contributed by atoms with E-state index in [9.17, 15) is 4.79 Å². The van der Waals surface area contributed by atoms with Crippen LogP contribution in [0.4, 0.5) is 23.1 Å². The molecular formula is C26H37N7O. The minimum Gasteiger partial charge on any atom is -0.368 e. The summed E-state index contributed by atoms with van der Waals surface area (Å²) in [7, 11) is 0. The van der Waals surface area contributed by atoms with Crippen LogP contribution < -0.4 is 25.8 Å². The van der Waals surface area contributed by atoms with Crippen molar-refractivity contribution in [1.82, 2.24) is 20.6 Å². The van der Waals surface area contributed by atoms with Crippen LogP contribution in [0.2, 0.25) is 0 Å². The number of hydrogen-bond acceptors (Lipinski definition) is 7. The predicted octanol–water partition coefficient (Wildman–Crippen LogP) is 3.35. The summed E-state index contributed by atoms with van der Waals surface area (Å²) in [6, 6.07) is 9.68. The maximum Gasteiger partial charge on any atom is 0.242 e. The first-order chi connectivity index (χ1) is 16.5. The van der Waals surface area contributed by atoms with Crippen LogP contribution in [0.3, 0.4) is 0 Å². The zero-order valence-corrected chi connectivity index (χ0v) is 20.6. The number of aromatic nitrogens is 2. The van der Waals surface area contributed by atoms with Crippen molar-refractivity contribution in [3.05, 3.63) is 36.0 Å². The van der Waals surface area contributed by atoms with Crippen molar-refractivity contribution in [1.29, 1.82) is 0 Å². The molecule has 3 atom stereocenters. The zero-order chi connectivity index (χ0) is 23.7. The predicted molar refractivity (Wildman–Crippen MR) is 137 cm³/mol. The summed E-state index contributed by atoms with van der Waals surface area (Å²) < 4.78 is 0. The summed E-state index contributed by atoms with van der Waals surface area (Å²) in [6.07, 6.45) is 7.34. The molecule has 8 nitrogen and oxygen atoms in total. The van der Waals surface area contributed by atoms with E-state index in [4.69, 9.17) is 4.98 Å². The highest BCUT2D eigenvalue weighted by Gasteiger charge is 2.37. The summed E-state index contributed by atoms with van der Waals surface area (Å²) in [5.74, 6) is 1.57. The molecule has 1 aromatic heterocycles. The number of piperazine rings is 1. The van der Waals surface area contributed by atoms with Crippen LogP contribution in [0.1, 0.15) is 51.5 Å². The van der Waals surface area contributed by atoms with Gasteiger partial charge in [0.1, 0.15) is 11.9 Å². The first kappa shape index (κ1) is 22.9. The number of nitrogens with one attached hydrogen (secondary N) is 3. The van der Waals surface area contributed by atoms with Gasteiger partial charge in [0.15, 0.2) is 0 Å². The van der Waals surface area contributed by atoms with E-state index in [1.807, 2.05) is 13.1 Å². The monoisotopic (exact) mass is 463 g/mol. The molecular weight excluding hydrogens is 426 g/mol. The molecule has 2 aromatic rings. The molecule has 1 aromatic carbocycles. The molecule has 8 heteroatoms. The topological polar surface area (TPSA) is 85.4 Å². The van der Waals surface area contributed by atoms with Gasteiger partial charge < -0.3 is 25.8 Å². The largest absolute Gasteiger partial charge is 0.368 e. The van der Waals surface area contributed by atoms with Crippen LogP contribution in [-0.4, -0.2) is 59.7 Å². The number of benzene rings is 1. The Labute approximate surface area is 202 Å². The smallest absolute Gasteiger partial charge is 0.242 e. The van der Waals surface area contributed by atoms with Crippen LogP contribution in [0.15, 0.2) is 30.5 Å². The van der Waals surface area contributed by atoms with E-state index >= 15 is 0 Å². The van der Waals surface area contributed by atoms with Crippen LogP contribution in [0.5, 0.6) is 0 Å². The molecule has 0 bridgehead atoms. The number of aryl methyl sites for hydroxylation is 1. The quantitative estimate of drug-likeness (QED) is 0.606. The van der Waals surface area contributed by atoms with Crippen molar-refractivity contribution < 1.29 is 4.79 Å². The molecule has 2 saturated heterocycles. The second-order valence-corrected chi connectivity index (χ2v) is 10.2. The summed E-state index contributed by atoms with van der Waals surface area (Å²) in [5.41, 5.74) is 3.20. The van der Waals surface area contributed by atoms with Crippen molar-refractivity contribution in [2.45, 2.75) is 77.0 Å².